The van der Waals surface area contributed by atoms with Crippen LogP contribution >= 0.6 is 24.0 Å². The number of nitrogens with zero attached hydrogens (tertiary/aromatic N) is 5. The van der Waals surface area contributed by atoms with Gasteiger partial charge in [-0.3, -0.25) is 9.67 Å². The molecule has 0 bridgehead atoms. The first-order chi connectivity index (χ1) is 12.2. The first-order valence-electron chi connectivity index (χ1n) is 9.90. The van der Waals surface area contributed by atoms with Gasteiger partial charge in [-0.15, -0.1) is 24.0 Å². The van der Waals surface area contributed by atoms with E-state index < -0.39 is 0 Å². The fraction of sp³-hybridized carbons (Fsp3) is 0.789. The van der Waals surface area contributed by atoms with Crippen LogP contribution in [-0.4, -0.2) is 71.4 Å². The first kappa shape index (κ1) is 21.5. The van der Waals surface area contributed by atoms with Gasteiger partial charge in [0.15, 0.2) is 5.96 Å². The Bertz CT molecular complexity index is 572. The van der Waals surface area contributed by atoms with Crippen LogP contribution in [0.4, 0.5) is 0 Å². The number of aliphatic imine (C=N–C) groups is 1. The van der Waals surface area contributed by atoms with Gasteiger partial charge in [-0.05, 0) is 44.2 Å². The fourth-order valence-electron chi connectivity index (χ4n) is 4.09. The molecular weight excluding hydrogens is 439 g/mol. The molecule has 7 heteroatoms. The zero-order valence-corrected chi connectivity index (χ0v) is 18.9. The normalized spacial score (nSPS) is 24.6. The van der Waals surface area contributed by atoms with E-state index in [9.17, 15) is 0 Å². The summed E-state index contributed by atoms with van der Waals surface area (Å²) in [6, 6.07) is 0. The second kappa shape index (κ2) is 10.5. The molecule has 0 saturated carbocycles. The largest absolute Gasteiger partial charge is 0.357 e. The summed E-state index contributed by atoms with van der Waals surface area (Å²) in [6.45, 7) is 12.0. The Morgan fingerprint density at radius 2 is 2.15 bits per heavy atom. The van der Waals surface area contributed by atoms with Crippen LogP contribution in [0.1, 0.15) is 44.6 Å². The maximum Gasteiger partial charge on any atom is 0.193 e. The van der Waals surface area contributed by atoms with Crippen LogP contribution in [0.5, 0.6) is 0 Å². The molecule has 3 rings (SSSR count). The number of halogens is 1. The highest BCUT2D eigenvalue weighted by Gasteiger charge is 2.27. The number of hydrogen-bond donors (Lipinski definition) is 1. The number of rotatable bonds is 5. The quantitative estimate of drug-likeness (QED) is 0.405. The standard InChI is InChI=1S/C19H34N6.HI/c1-4-20-19(21-8-11-24-9-5-6-16(2)13-24)25-10-7-17(15-25)18-12-22-23(3)14-18;/h12,14,16-17H,4-11,13,15H2,1-3H3,(H,20,21);1H. The summed E-state index contributed by atoms with van der Waals surface area (Å²) in [6.07, 6.45) is 8.06. The minimum Gasteiger partial charge on any atom is -0.357 e. The Morgan fingerprint density at radius 1 is 1.31 bits per heavy atom. The van der Waals surface area contributed by atoms with Crippen molar-refractivity contribution in [3.8, 4) is 0 Å². The molecule has 1 aromatic rings. The van der Waals surface area contributed by atoms with Gasteiger partial charge in [-0.25, -0.2) is 0 Å². The fourth-order valence-corrected chi connectivity index (χ4v) is 4.09. The van der Waals surface area contributed by atoms with Gasteiger partial charge >= 0.3 is 0 Å². The molecule has 0 aromatic carbocycles. The van der Waals surface area contributed by atoms with E-state index in [2.05, 4.69) is 40.3 Å². The van der Waals surface area contributed by atoms with Crippen LogP contribution in [0.25, 0.3) is 0 Å². The molecule has 0 radical (unpaired) electrons. The minimum atomic E-state index is 0. The van der Waals surface area contributed by atoms with E-state index >= 15 is 0 Å². The highest BCUT2D eigenvalue weighted by Crippen LogP contribution is 2.26. The predicted octanol–water partition coefficient (Wildman–Crippen LogP) is 2.52. The highest BCUT2D eigenvalue weighted by molar-refractivity contribution is 14.0. The maximum atomic E-state index is 4.92. The number of nitrogens with one attached hydrogen (secondary N) is 1. The second-order valence-electron chi connectivity index (χ2n) is 7.66. The van der Waals surface area contributed by atoms with Gasteiger partial charge in [0.25, 0.3) is 0 Å². The molecule has 2 unspecified atom stereocenters. The summed E-state index contributed by atoms with van der Waals surface area (Å²) in [7, 11) is 1.99. The van der Waals surface area contributed by atoms with Gasteiger partial charge in [-0.2, -0.15) is 5.10 Å². The molecule has 26 heavy (non-hydrogen) atoms. The lowest BCUT2D eigenvalue weighted by atomic mass is 10.0. The smallest absolute Gasteiger partial charge is 0.193 e. The number of guanidine groups is 1. The van der Waals surface area contributed by atoms with Crippen molar-refractivity contribution < 1.29 is 0 Å². The average Bonchev–Trinajstić information content (AvgIpc) is 3.23. The second-order valence-corrected chi connectivity index (χ2v) is 7.66. The Hall–Kier alpha value is -0.830. The Labute approximate surface area is 175 Å². The van der Waals surface area contributed by atoms with Crippen molar-refractivity contribution in [3.63, 3.8) is 0 Å². The zero-order valence-electron chi connectivity index (χ0n) is 16.5. The first-order valence-corrected chi connectivity index (χ1v) is 9.90. The third-order valence-corrected chi connectivity index (χ3v) is 5.44. The van der Waals surface area contributed by atoms with Gasteiger partial charge in [0.2, 0.25) is 0 Å². The molecule has 3 heterocycles. The zero-order chi connectivity index (χ0) is 17.6. The van der Waals surface area contributed by atoms with E-state index in [4.69, 9.17) is 4.99 Å². The van der Waals surface area contributed by atoms with Crippen LogP contribution in [0, 0.1) is 5.92 Å². The molecule has 2 saturated heterocycles. The average molecular weight is 474 g/mol. The molecule has 2 fully saturated rings. The van der Waals surface area contributed by atoms with E-state index in [-0.39, 0.29) is 24.0 Å². The van der Waals surface area contributed by atoms with Crippen LogP contribution in [-0.2, 0) is 7.05 Å². The van der Waals surface area contributed by atoms with Crippen molar-refractivity contribution in [1.82, 2.24) is 24.9 Å². The molecule has 2 aliphatic rings. The van der Waals surface area contributed by atoms with E-state index in [0.29, 0.717) is 5.92 Å². The summed E-state index contributed by atoms with van der Waals surface area (Å²) in [5.74, 6) is 2.49. The molecule has 2 aliphatic heterocycles. The molecule has 0 aliphatic carbocycles. The third kappa shape index (κ3) is 5.84. The van der Waals surface area contributed by atoms with Crippen LogP contribution in [0.2, 0.25) is 0 Å². The number of piperidine rings is 1. The molecule has 0 amide bonds. The van der Waals surface area contributed by atoms with Gasteiger partial charge in [0, 0.05) is 51.9 Å². The minimum absolute atomic E-state index is 0. The molecule has 1 aromatic heterocycles. The highest BCUT2D eigenvalue weighted by atomic mass is 127. The van der Waals surface area contributed by atoms with Crippen molar-refractivity contribution in [2.75, 3.05) is 45.8 Å². The van der Waals surface area contributed by atoms with Crippen LogP contribution in [0.3, 0.4) is 0 Å². The molecular formula is C19H35IN6. The van der Waals surface area contributed by atoms with E-state index in [0.717, 1.165) is 44.6 Å². The lowest BCUT2D eigenvalue weighted by molar-refractivity contribution is 0.188. The summed E-state index contributed by atoms with van der Waals surface area (Å²) in [5, 5.41) is 7.81. The molecule has 2 atom stereocenters. The van der Waals surface area contributed by atoms with Gasteiger partial charge in [-0.1, -0.05) is 6.92 Å². The lowest BCUT2D eigenvalue weighted by Gasteiger charge is -2.30. The van der Waals surface area contributed by atoms with Gasteiger partial charge in [0.1, 0.15) is 0 Å². The van der Waals surface area contributed by atoms with Crippen LogP contribution in [0.15, 0.2) is 17.4 Å². The number of aromatic nitrogens is 2. The van der Waals surface area contributed by atoms with Gasteiger partial charge in [0.05, 0.1) is 12.7 Å². The summed E-state index contributed by atoms with van der Waals surface area (Å²) >= 11 is 0. The summed E-state index contributed by atoms with van der Waals surface area (Å²) in [4.78, 5) is 9.91. The Kier molecular flexibility index (Phi) is 8.66. The van der Waals surface area contributed by atoms with E-state index in [1.54, 1.807) is 0 Å². The molecule has 1 N–H and O–H groups in total. The van der Waals surface area contributed by atoms with Crippen molar-refractivity contribution >= 4 is 29.9 Å². The number of likely N-dealkylation sites (tertiary alicyclic amines) is 2. The Morgan fingerprint density at radius 3 is 2.85 bits per heavy atom. The van der Waals surface area contributed by atoms with Gasteiger partial charge < -0.3 is 15.1 Å². The van der Waals surface area contributed by atoms with Crippen molar-refractivity contribution in [2.24, 2.45) is 18.0 Å². The summed E-state index contributed by atoms with van der Waals surface area (Å²) in [5.41, 5.74) is 1.35. The van der Waals surface area contributed by atoms with Crippen molar-refractivity contribution in [3.05, 3.63) is 18.0 Å². The molecule has 148 valence electrons. The number of aryl methyl sites for hydroxylation is 1. The predicted molar refractivity (Wildman–Crippen MR) is 118 cm³/mol. The van der Waals surface area contributed by atoms with Crippen molar-refractivity contribution in [2.45, 2.75) is 39.0 Å². The third-order valence-electron chi connectivity index (χ3n) is 5.44. The lowest BCUT2D eigenvalue weighted by Crippen LogP contribution is -2.41. The topological polar surface area (TPSA) is 48.7 Å². The summed E-state index contributed by atoms with van der Waals surface area (Å²) < 4.78 is 1.90. The van der Waals surface area contributed by atoms with E-state index in [1.807, 2.05) is 17.9 Å². The Balaban J connectivity index is 0.00000243. The SMILES string of the molecule is CCNC(=NCCN1CCCC(C)C1)N1CCC(c2cnn(C)c2)C1.I. The maximum absolute atomic E-state index is 4.92. The van der Waals surface area contributed by atoms with Crippen molar-refractivity contribution in [1.29, 1.82) is 0 Å². The molecule has 0 spiro atoms. The molecule has 6 nitrogen and oxygen atoms in total. The monoisotopic (exact) mass is 474 g/mol. The number of hydrogen-bond acceptors (Lipinski definition) is 3. The van der Waals surface area contributed by atoms with E-state index in [1.165, 1.54) is 37.9 Å². The van der Waals surface area contributed by atoms with Crippen LogP contribution < -0.4 is 5.32 Å².